The molecule has 5 nitrogen and oxygen atoms in total. The van der Waals surface area contributed by atoms with Gasteiger partial charge in [-0.05, 0) is 35.2 Å². The number of thiophene rings is 1. The van der Waals surface area contributed by atoms with Crippen molar-refractivity contribution in [1.82, 2.24) is 10.2 Å². The van der Waals surface area contributed by atoms with Crippen molar-refractivity contribution in [3.05, 3.63) is 21.9 Å². The quantitative estimate of drug-likeness (QED) is 0.896. The van der Waals surface area contributed by atoms with Crippen LogP contribution >= 0.6 is 23.1 Å². The Morgan fingerprint density at radius 2 is 2.25 bits per heavy atom. The lowest BCUT2D eigenvalue weighted by atomic mass is 10.2. The highest BCUT2D eigenvalue weighted by molar-refractivity contribution is 8.00. The third-order valence-corrected chi connectivity index (χ3v) is 5.72. The highest BCUT2D eigenvalue weighted by Crippen LogP contribution is 2.31. The molecule has 2 atom stereocenters. The van der Waals surface area contributed by atoms with E-state index in [1.807, 2.05) is 24.6 Å². The van der Waals surface area contributed by atoms with Gasteiger partial charge in [-0.15, -0.1) is 11.8 Å². The van der Waals surface area contributed by atoms with E-state index in [1.165, 1.54) is 16.7 Å². The Balaban J connectivity index is 2.02. The summed E-state index contributed by atoms with van der Waals surface area (Å²) in [7, 11) is 0. The first-order valence-corrected chi connectivity index (χ1v) is 8.46. The summed E-state index contributed by atoms with van der Waals surface area (Å²) in [5, 5.41) is 16.0. The van der Waals surface area contributed by atoms with Crippen LogP contribution in [-0.4, -0.2) is 39.2 Å². The molecule has 1 aromatic rings. The second-order valence-electron chi connectivity index (χ2n) is 4.70. The predicted octanol–water partition coefficient (Wildman–Crippen LogP) is 2.50. The fourth-order valence-corrected chi connectivity index (χ4v) is 4.37. The number of urea groups is 1. The van der Waals surface area contributed by atoms with E-state index >= 15 is 0 Å². The average Bonchev–Trinajstić information content (AvgIpc) is 3.01. The normalized spacial score (nSPS) is 22.0. The maximum Gasteiger partial charge on any atom is 0.327 e. The lowest BCUT2D eigenvalue weighted by molar-refractivity contribution is -0.141. The third-order valence-electron chi connectivity index (χ3n) is 3.35. The summed E-state index contributed by atoms with van der Waals surface area (Å²) in [6, 6.07) is -1.02. The van der Waals surface area contributed by atoms with Crippen molar-refractivity contribution < 1.29 is 14.7 Å². The van der Waals surface area contributed by atoms with Gasteiger partial charge >= 0.3 is 12.0 Å². The van der Waals surface area contributed by atoms with E-state index < -0.39 is 12.0 Å². The molecule has 1 saturated heterocycles. The molecule has 2 heterocycles. The van der Waals surface area contributed by atoms with Crippen LogP contribution in [0.15, 0.2) is 10.8 Å². The molecule has 2 N–H and O–H groups in total. The molecule has 7 heteroatoms. The van der Waals surface area contributed by atoms with Crippen LogP contribution in [0.3, 0.4) is 0 Å². The molecule has 0 spiro atoms. The molecule has 1 aromatic heterocycles. The van der Waals surface area contributed by atoms with Crippen molar-refractivity contribution >= 4 is 35.1 Å². The van der Waals surface area contributed by atoms with Crippen LogP contribution in [0.4, 0.5) is 4.79 Å². The lowest BCUT2D eigenvalue weighted by Gasteiger charge is -2.26. The fourth-order valence-electron chi connectivity index (χ4n) is 2.17. The predicted molar refractivity (Wildman–Crippen MR) is 81.1 cm³/mol. The van der Waals surface area contributed by atoms with Gasteiger partial charge in [0.1, 0.15) is 6.04 Å². The smallest absolute Gasteiger partial charge is 0.327 e. The van der Waals surface area contributed by atoms with E-state index in [0.717, 1.165) is 17.5 Å². The largest absolute Gasteiger partial charge is 0.480 e. The number of carboxylic acids is 1. The average molecular weight is 314 g/mol. The first-order valence-electron chi connectivity index (χ1n) is 6.46. The summed E-state index contributed by atoms with van der Waals surface area (Å²) in [4.78, 5) is 25.0. The highest BCUT2D eigenvalue weighted by Gasteiger charge is 2.40. The third kappa shape index (κ3) is 3.09. The molecule has 1 fully saturated rings. The van der Waals surface area contributed by atoms with Gasteiger partial charge in [-0.2, -0.15) is 11.3 Å². The Bertz CT molecular complexity index is 504. The number of nitrogens with zero attached hydrogens (tertiary/aromatic N) is 1. The fraction of sp³-hybridized carbons (Fsp3) is 0.538. The number of hydrogen-bond donors (Lipinski definition) is 2. The van der Waals surface area contributed by atoms with Gasteiger partial charge in [0.15, 0.2) is 0 Å². The summed E-state index contributed by atoms with van der Waals surface area (Å²) < 4.78 is 0. The topological polar surface area (TPSA) is 69.6 Å². The Labute approximate surface area is 126 Å². The molecular formula is C13H18N2O3S2. The van der Waals surface area contributed by atoms with E-state index in [0.29, 0.717) is 12.3 Å². The monoisotopic (exact) mass is 314 g/mol. The van der Waals surface area contributed by atoms with Crippen LogP contribution in [0.2, 0.25) is 0 Å². The summed E-state index contributed by atoms with van der Waals surface area (Å²) in [5.74, 6) is -0.478. The Kier molecular flexibility index (Phi) is 4.93. The standard InChI is InChI=1S/C13H18N2O3S2/c1-3-11-15(10(7-20-11)12(16)17)13(18)14-4-9-6-19-5-8(9)2/h5-6,10-11H,3-4,7H2,1-2H3,(H,14,18)(H,16,17). The minimum atomic E-state index is -0.935. The maximum absolute atomic E-state index is 12.3. The number of carboxylic acid groups (broad SMARTS) is 1. The molecule has 110 valence electrons. The number of carbonyl (C=O) groups is 2. The van der Waals surface area contributed by atoms with Gasteiger partial charge < -0.3 is 10.4 Å². The molecule has 0 saturated carbocycles. The molecule has 0 bridgehead atoms. The summed E-state index contributed by atoms with van der Waals surface area (Å²) in [6.07, 6.45) is 0.749. The zero-order chi connectivity index (χ0) is 14.7. The first kappa shape index (κ1) is 15.2. The van der Waals surface area contributed by atoms with Gasteiger partial charge in [-0.1, -0.05) is 6.92 Å². The SMILES string of the molecule is CCC1SCC(C(=O)O)N1C(=O)NCc1cscc1C. The first-order chi connectivity index (χ1) is 9.54. The number of hydrogen-bond acceptors (Lipinski definition) is 4. The number of amides is 2. The number of aliphatic carboxylic acids is 1. The van der Waals surface area contributed by atoms with Crippen molar-refractivity contribution in [1.29, 1.82) is 0 Å². The van der Waals surface area contributed by atoms with Crippen LogP contribution in [0.5, 0.6) is 0 Å². The van der Waals surface area contributed by atoms with Gasteiger partial charge in [0.25, 0.3) is 0 Å². The number of rotatable bonds is 4. The second-order valence-corrected chi connectivity index (χ2v) is 6.65. The van der Waals surface area contributed by atoms with Gasteiger partial charge in [0.05, 0.1) is 5.37 Å². The van der Waals surface area contributed by atoms with Crippen molar-refractivity contribution in [2.75, 3.05) is 5.75 Å². The van der Waals surface area contributed by atoms with Crippen molar-refractivity contribution in [2.45, 2.75) is 38.2 Å². The van der Waals surface area contributed by atoms with Crippen LogP contribution < -0.4 is 5.32 Å². The van der Waals surface area contributed by atoms with Gasteiger partial charge in [-0.3, -0.25) is 4.90 Å². The Hall–Kier alpha value is -1.21. The Morgan fingerprint density at radius 1 is 1.50 bits per heavy atom. The van der Waals surface area contributed by atoms with Crippen LogP contribution in [-0.2, 0) is 11.3 Å². The summed E-state index contributed by atoms with van der Waals surface area (Å²) in [6.45, 7) is 4.40. The molecule has 1 aliphatic rings. The van der Waals surface area contributed by atoms with Crippen molar-refractivity contribution in [3.63, 3.8) is 0 Å². The molecule has 1 aliphatic heterocycles. The lowest BCUT2D eigenvalue weighted by Crippen LogP contribution is -2.49. The molecule has 2 unspecified atom stereocenters. The summed E-state index contributed by atoms with van der Waals surface area (Å²) >= 11 is 3.13. The molecular weight excluding hydrogens is 296 g/mol. The van der Waals surface area contributed by atoms with Crippen LogP contribution in [0.25, 0.3) is 0 Å². The van der Waals surface area contributed by atoms with Crippen LogP contribution in [0.1, 0.15) is 24.5 Å². The van der Waals surface area contributed by atoms with Gasteiger partial charge in [-0.25, -0.2) is 9.59 Å². The van der Waals surface area contributed by atoms with E-state index in [1.54, 1.807) is 11.3 Å². The summed E-state index contributed by atoms with van der Waals surface area (Å²) in [5.41, 5.74) is 2.23. The number of nitrogens with one attached hydrogen (secondary N) is 1. The van der Waals surface area contributed by atoms with E-state index in [-0.39, 0.29) is 11.4 Å². The second kappa shape index (κ2) is 6.49. The minimum absolute atomic E-state index is 0.0559. The van der Waals surface area contributed by atoms with Crippen molar-refractivity contribution in [3.8, 4) is 0 Å². The van der Waals surface area contributed by atoms with Gasteiger partial charge in [0.2, 0.25) is 0 Å². The molecule has 0 aromatic carbocycles. The molecule has 2 rings (SSSR count). The maximum atomic E-state index is 12.3. The zero-order valence-corrected chi connectivity index (χ0v) is 13.1. The number of carbonyl (C=O) groups excluding carboxylic acids is 1. The van der Waals surface area contributed by atoms with E-state index in [9.17, 15) is 14.7 Å². The van der Waals surface area contributed by atoms with Crippen molar-refractivity contribution in [2.24, 2.45) is 0 Å². The molecule has 20 heavy (non-hydrogen) atoms. The molecule has 2 amide bonds. The highest BCUT2D eigenvalue weighted by atomic mass is 32.2. The number of aryl methyl sites for hydroxylation is 1. The molecule has 0 aliphatic carbocycles. The van der Waals surface area contributed by atoms with E-state index in [4.69, 9.17) is 0 Å². The Morgan fingerprint density at radius 3 is 2.80 bits per heavy atom. The zero-order valence-electron chi connectivity index (χ0n) is 11.5. The minimum Gasteiger partial charge on any atom is -0.480 e. The van der Waals surface area contributed by atoms with Crippen LogP contribution in [0, 0.1) is 6.92 Å². The van der Waals surface area contributed by atoms with E-state index in [2.05, 4.69) is 5.32 Å². The molecule has 0 radical (unpaired) electrons. The van der Waals surface area contributed by atoms with Gasteiger partial charge in [0, 0.05) is 12.3 Å². The number of thioether (sulfide) groups is 1.